The van der Waals surface area contributed by atoms with Crippen LogP contribution in [0.4, 0.5) is 0 Å². The number of pyridine rings is 1. The van der Waals surface area contributed by atoms with Gasteiger partial charge in [0.15, 0.2) is 0 Å². The fourth-order valence-corrected chi connectivity index (χ4v) is 2.73. The Bertz CT molecular complexity index is 624. The molecule has 92 valence electrons. The van der Waals surface area contributed by atoms with Crippen LogP contribution in [0.2, 0.25) is 5.15 Å². The largest absolute Gasteiger partial charge is 0.283 e. The second kappa shape index (κ2) is 4.97. The normalized spacial score (nSPS) is 16.9. The van der Waals surface area contributed by atoms with E-state index in [1.165, 1.54) is 11.1 Å². The lowest BCUT2D eigenvalue weighted by Crippen LogP contribution is -2.17. The first-order chi connectivity index (χ1) is 8.74. The van der Waals surface area contributed by atoms with Crippen molar-refractivity contribution in [2.75, 3.05) is 13.1 Å². The van der Waals surface area contributed by atoms with Crippen LogP contribution >= 0.6 is 21.0 Å². The molecule has 0 N–H and O–H groups in total. The van der Waals surface area contributed by atoms with E-state index in [2.05, 4.69) is 43.3 Å². The molecule has 0 radical (unpaired) electrons. The van der Waals surface area contributed by atoms with Gasteiger partial charge in [0.2, 0.25) is 0 Å². The van der Waals surface area contributed by atoms with Crippen molar-refractivity contribution in [1.82, 2.24) is 9.65 Å². The Morgan fingerprint density at radius 1 is 1.28 bits per heavy atom. The Balaban J connectivity index is 2.06. The van der Waals surface area contributed by atoms with Crippen molar-refractivity contribution < 1.29 is 0 Å². The summed E-state index contributed by atoms with van der Waals surface area (Å²) < 4.78 is 2.24. The summed E-state index contributed by atoms with van der Waals surface area (Å²) in [4.78, 5) is 4.14. The second-order valence-electron chi connectivity index (χ2n) is 4.51. The lowest BCUT2D eigenvalue weighted by Gasteiger charge is -2.22. The molecule has 1 aliphatic rings. The summed E-state index contributed by atoms with van der Waals surface area (Å²) in [6.45, 7) is 2.06. The van der Waals surface area contributed by atoms with Gasteiger partial charge in [0.25, 0.3) is 0 Å². The molecule has 0 amide bonds. The zero-order chi connectivity index (χ0) is 12.5. The molecule has 1 atom stereocenters. The van der Waals surface area contributed by atoms with Crippen LogP contribution < -0.4 is 0 Å². The molecule has 1 unspecified atom stereocenters. The predicted octanol–water partition coefficient (Wildman–Crippen LogP) is 3.77. The quantitative estimate of drug-likeness (QED) is 0.582. The third kappa shape index (κ3) is 2.29. The Kier molecular flexibility index (Phi) is 3.34. The predicted molar refractivity (Wildman–Crippen MR) is 80.6 cm³/mol. The molecule has 3 rings (SSSR count). The van der Waals surface area contributed by atoms with Crippen molar-refractivity contribution in [1.29, 1.82) is 0 Å². The van der Waals surface area contributed by atoms with Crippen molar-refractivity contribution in [2.24, 2.45) is 0 Å². The number of hydrogen-bond donors (Lipinski definition) is 0. The van der Waals surface area contributed by atoms with Gasteiger partial charge in [0.05, 0.1) is 0 Å². The number of nitrogens with zero attached hydrogens (tertiary/aromatic N) is 2. The fraction of sp³-hybridized carbons (Fsp3) is 0.214. The average Bonchev–Trinajstić information content (AvgIpc) is 2.40. The first-order valence-electron chi connectivity index (χ1n) is 5.97. The maximum absolute atomic E-state index is 6.15. The Morgan fingerprint density at radius 2 is 2.17 bits per heavy atom. The van der Waals surface area contributed by atoms with Crippen molar-refractivity contribution in [3.05, 3.63) is 47.3 Å². The Hall–Kier alpha value is -0.950. The van der Waals surface area contributed by atoms with E-state index in [9.17, 15) is 0 Å². The monoisotopic (exact) mass is 276 g/mol. The van der Waals surface area contributed by atoms with E-state index in [-0.39, 0.29) is 0 Å². The first kappa shape index (κ1) is 12.1. The minimum atomic E-state index is 0.582. The van der Waals surface area contributed by atoms with Crippen LogP contribution in [-0.2, 0) is 0 Å². The molecule has 4 heteroatoms. The molecule has 1 aromatic heterocycles. The van der Waals surface area contributed by atoms with Crippen LogP contribution in [0.5, 0.6) is 0 Å². The van der Waals surface area contributed by atoms with Gasteiger partial charge in [0, 0.05) is 24.7 Å². The molecule has 1 aromatic carbocycles. The van der Waals surface area contributed by atoms with Crippen molar-refractivity contribution in [3.8, 4) is 0 Å². The van der Waals surface area contributed by atoms with Gasteiger partial charge < -0.3 is 0 Å². The van der Waals surface area contributed by atoms with Crippen LogP contribution in [0.15, 0.2) is 36.5 Å². The van der Waals surface area contributed by atoms with Crippen molar-refractivity contribution in [3.63, 3.8) is 0 Å². The number of hydrogen-bond acceptors (Lipinski definition) is 2. The molecule has 2 nitrogen and oxygen atoms in total. The smallest absolute Gasteiger partial charge is 0.136 e. The summed E-state index contributed by atoms with van der Waals surface area (Å²) in [5.74, 6) is 0. The van der Waals surface area contributed by atoms with E-state index < -0.39 is 0 Å². The van der Waals surface area contributed by atoms with Gasteiger partial charge in [-0.2, -0.15) is 0 Å². The molecule has 0 saturated heterocycles. The molecule has 0 bridgehead atoms. The minimum absolute atomic E-state index is 0.582. The highest BCUT2D eigenvalue weighted by Gasteiger charge is 2.10. The highest BCUT2D eigenvalue weighted by atomic mass is 35.5. The Labute approximate surface area is 114 Å². The zero-order valence-corrected chi connectivity index (χ0v) is 11.8. The second-order valence-corrected chi connectivity index (χ2v) is 5.60. The summed E-state index contributed by atoms with van der Waals surface area (Å²) in [7, 11) is 2.75. The maximum Gasteiger partial charge on any atom is 0.136 e. The number of fused-ring (bicyclic) bond motifs is 1. The van der Waals surface area contributed by atoms with Crippen molar-refractivity contribution >= 4 is 37.3 Å². The topological polar surface area (TPSA) is 16.1 Å². The molecule has 1 aliphatic heterocycles. The van der Waals surface area contributed by atoms with Gasteiger partial charge in [-0.05, 0) is 35.1 Å². The molecule has 0 aliphatic carbocycles. The fourth-order valence-electron chi connectivity index (χ4n) is 2.28. The third-order valence-corrected chi connectivity index (χ3v) is 4.10. The van der Waals surface area contributed by atoms with E-state index in [1.54, 1.807) is 6.20 Å². The van der Waals surface area contributed by atoms with E-state index in [1.807, 2.05) is 6.07 Å². The summed E-state index contributed by atoms with van der Waals surface area (Å²) in [6, 6.07) is 8.43. The van der Waals surface area contributed by atoms with Crippen LogP contribution in [-0.4, -0.2) is 22.7 Å². The third-order valence-electron chi connectivity index (χ3n) is 3.33. The lowest BCUT2D eigenvalue weighted by molar-refractivity contribution is 0.515. The van der Waals surface area contributed by atoms with E-state index >= 15 is 0 Å². The van der Waals surface area contributed by atoms with E-state index in [0.29, 0.717) is 5.15 Å². The van der Waals surface area contributed by atoms with Gasteiger partial charge in [-0.1, -0.05) is 39.2 Å². The summed E-state index contributed by atoms with van der Waals surface area (Å²) in [5.41, 5.74) is 2.66. The number of rotatable bonds is 1. The van der Waals surface area contributed by atoms with Gasteiger partial charge in [-0.3, -0.25) is 4.67 Å². The zero-order valence-electron chi connectivity index (χ0n) is 9.94. The number of halogens is 1. The Morgan fingerprint density at radius 3 is 2.94 bits per heavy atom. The highest BCUT2D eigenvalue weighted by molar-refractivity contribution is 7.13. The molecule has 18 heavy (non-hydrogen) atoms. The van der Waals surface area contributed by atoms with Gasteiger partial charge >= 0.3 is 0 Å². The van der Waals surface area contributed by atoms with Crippen LogP contribution in [0.3, 0.4) is 0 Å². The summed E-state index contributed by atoms with van der Waals surface area (Å²) in [5, 5.41) is 2.76. The number of aromatic nitrogens is 1. The molecule has 2 aromatic rings. The molecular weight excluding hydrogens is 263 g/mol. The molecular formula is C14H14ClN2P. The molecule has 0 fully saturated rings. The standard InChI is InChI=1S/C14H14ClN2P/c15-14-13-9-12(2-1-11(13)3-6-16-14)10-4-7-17(18)8-5-10/h1-4,6,9H,5,7-8,18H2. The molecule has 0 spiro atoms. The van der Waals surface area contributed by atoms with Crippen LogP contribution in [0, 0.1) is 0 Å². The van der Waals surface area contributed by atoms with Crippen LogP contribution in [0.1, 0.15) is 12.0 Å². The van der Waals surface area contributed by atoms with Crippen LogP contribution in [0.25, 0.3) is 16.3 Å². The van der Waals surface area contributed by atoms with Gasteiger partial charge in [-0.25, -0.2) is 4.98 Å². The lowest BCUT2D eigenvalue weighted by atomic mass is 9.98. The average molecular weight is 277 g/mol. The molecule has 2 heterocycles. The highest BCUT2D eigenvalue weighted by Crippen LogP contribution is 2.28. The van der Waals surface area contributed by atoms with Gasteiger partial charge in [0.1, 0.15) is 5.15 Å². The SMILES string of the molecule is PN1CC=C(c2ccc3ccnc(Cl)c3c2)CC1. The van der Waals surface area contributed by atoms with Gasteiger partial charge in [-0.15, -0.1) is 0 Å². The maximum atomic E-state index is 6.15. The summed E-state index contributed by atoms with van der Waals surface area (Å²) >= 11 is 6.15. The summed E-state index contributed by atoms with van der Waals surface area (Å²) in [6.07, 6.45) is 5.10. The van der Waals surface area contributed by atoms with Crippen molar-refractivity contribution in [2.45, 2.75) is 6.42 Å². The first-order valence-corrected chi connectivity index (χ1v) is 6.87. The molecule has 0 saturated carbocycles. The number of benzene rings is 1. The van der Waals surface area contributed by atoms with E-state index in [4.69, 9.17) is 11.6 Å². The minimum Gasteiger partial charge on any atom is -0.283 e. The van der Waals surface area contributed by atoms with E-state index in [0.717, 1.165) is 30.3 Å².